The minimum atomic E-state index is -0.660. The lowest BCUT2D eigenvalue weighted by Gasteiger charge is -2.04. The van der Waals surface area contributed by atoms with Gasteiger partial charge in [0.25, 0.3) is 5.69 Å². The van der Waals surface area contributed by atoms with E-state index in [1.807, 2.05) is 13.0 Å². The van der Waals surface area contributed by atoms with Crippen molar-refractivity contribution in [1.82, 2.24) is 0 Å². The van der Waals surface area contributed by atoms with Crippen LogP contribution in [0, 0.1) is 10.1 Å². The largest absolute Gasteiger partial charge is 0.494 e. The second-order valence-corrected chi connectivity index (χ2v) is 6.09. The molecule has 2 aromatic rings. The Morgan fingerprint density at radius 1 is 1.30 bits per heavy atom. The molecule has 0 spiro atoms. The number of carbonyl (C=O) groups is 1. The summed E-state index contributed by atoms with van der Waals surface area (Å²) < 4.78 is 10.7. The molecule has 0 fully saturated rings. The number of esters is 1. The molecule has 0 saturated heterocycles. The molecule has 0 atom stereocenters. The van der Waals surface area contributed by atoms with Crippen LogP contribution in [0.15, 0.2) is 53.2 Å². The van der Waals surface area contributed by atoms with E-state index >= 15 is 0 Å². The van der Waals surface area contributed by atoms with Crippen LogP contribution in [0.25, 0.3) is 6.08 Å². The van der Waals surface area contributed by atoms with Crippen molar-refractivity contribution in [2.75, 3.05) is 6.61 Å². The predicted octanol–water partition coefficient (Wildman–Crippen LogP) is 4.38. The number of carbonyl (C=O) groups excluding carboxylic acids is 1. The van der Waals surface area contributed by atoms with Gasteiger partial charge in [0.1, 0.15) is 5.75 Å². The van der Waals surface area contributed by atoms with Gasteiger partial charge in [-0.25, -0.2) is 9.79 Å². The molecular weight excluding hydrogens is 372 g/mol. The summed E-state index contributed by atoms with van der Waals surface area (Å²) >= 11 is 6.08. The lowest BCUT2D eigenvalue weighted by molar-refractivity contribution is -0.384. The molecule has 0 N–H and O–H groups in total. The summed E-state index contributed by atoms with van der Waals surface area (Å²) in [7, 11) is 0. The number of cyclic esters (lactones) is 1. The summed E-state index contributed by atoms with van der Waals surface area (Å²) in [4.78, 5) is 26.7. The number of nitrogens with zero attached hydrogens (tertiary/aromatic N) is 2. The molecule has 1 heterocycles. The highest BCUT2D eigenvalue weighted by molar-refractivity contribution is 6.34. The third-order valence-corrected chi connectivity index (χ3v) is 3.98. The average molecular weight is 387 g/mol. The van der Waals surface area contributed by atoms with Crippen molar-refractivity contribution in [2.45, 2.75) is 13.3 Å². The maximum absolute atomic E-state index is 12.1. The Balaban J connectivity index is 1.92. The first-order chi connectivity index (χ1) is 13.0. The Bertz CT molecular complexity index is 968. The molecule has 0 amide bonds. The zero-order valence-corrected chi connectivity index (χ0v) is 15.1. The van der Waals surface area contributed by atoms with Gasteiger partial charge in [-0.05, 0) is 36.3 Å². The Morgan fingerprint density at radius 2 is 2.11 bits per heavy atom. The van der Waals surface area contributed by atoms with Gasteiger partial charge < -0.3 is 9.47 Å². The molecule has 7 nitrogen and oxygen atoms in total. The second-order valence-electron chi connectivity index (χ2n) is 5.68. The molecule has 3 rings (SSSR count). The number of non-ortho nitro benzene ring substituents is 1. The summed E-state index contributed by atoms with van der Waals surface area (Å²) in [5.41, 5.74) is 0.792. The number of ether oxygens (including phenoxy) is 2. The van der Waals surface area contributed by atoms with E-state index in [0.29, 0.717) is 17.9 Å². The third-order valence-electron chi connectivity index (χ3n) is 3.65. The van der Waals surface area contributed by atoms with Gasteiger partial charge in [-0.3, -0.25) is 10.1 Å². The molecular formula is C19H15ClN2O5. The zero-order valence-electron chi connectivity index (χ0n) is 14.3. The standard InChI is InChI=1S/C19H15ClN2O5/c1-2-8-26-14-5-3-4-12(9-14)10-17-19(23)27-18(21-17)15-11-13(22(24)25)6-7-16(15)20/h3-7,9-11H,2,8H2,1H3/b17-10+. The maximum Gasteiger partial charge on any atom is 0.363 e. The van der Waals surface area contributed by atoms with Crippen LogP contribution in [0.2, 0.25) is 5.02 Å². The van der Waals surface area contributed by atoms with Gasteiger partial charge in [-0.2, -0.15) is 0 Å². The number of benzene rings is 2. The van der Waals surface area contributed by atoms with Gasteiger partial charge >= 0.3 is 5.97 Å². The number of nitro benzene ring substituents is 1. The van der Waals surface area contributed by atoms with E-state index in [0.717, 1.165) is 6.42 Å². The second kappa shape index (κ2) is 8.01. The zero-order chi connectivity index (χ0) is 19.4. The Hall–Kier alpha value is -3.19. The van der Waals surface area contributed by atoms with Crippen LogP contribution in [0.4, 0.5) is 5.69 Å². The van der Waals surface area contributed by atoms with E-state index in [2.05, 4.69) is 4.99 Å². The summed E-state index contributed by atoms with van der Waals surface area (Å²) in [5.74, 6) is -0.0470. The van der Waals surface area contributed by atoms with Crippen LogP contribution in [0.3, 0.4) is 0 Å². The highest BCUT2D eigenvalue weighted by atomic mass is 35.5. The molecule has 0 radical (unpaired) electrons. The topological polar surface area (TPSA) is 91.0 Å². The summed E-state index contributed by atoms with van der Waals surface area (Å²) in [6, 6.07) is 11.1. The van der Waals surface area contributed by atoms with Crippen molar-refractivity contribution in [3.63, 3.8) is 0 Å². The molecule has 8 heteroatoms. The molecule has 0 aliphatic carbocycles. The molecule has 0 bridgehead atoms. The molecule has 0 unspecified atom stereocenters. The normalized spacial score (nSPS) is 14.8. The number of hydrogen-bond acceptors (Lipinski definition) is 6. The van der Waals surface area contributed by atoms with E-state index in [1.165, 1.54) is 18.2 Å². The van der Waals surface area contributed by atoms with Gasteiger partial charge in [-0.15, -0.1) is 0 Å². The van der Waals surface area contributed by atoms with Crippen molar-refractivity contribution >= 4 is 35.2 Å². The van der Waals surface area contributed by atoms with E-state index in [-0.39, 0.29) is 27.9 Å². The number of rotatable bonds is 6. The third kappa shape index (κ3) is 4.32. The first-order valence-corrected chi connectivity index (χ1v) is 8.55. The fourth-order valence-corrected chi connectivity index (χ4v) is 2.59. The summed E-state index contributed by atoms with van der Waals surface area (Å²) in [6.07, 6.45) is 2.44. The van der Waals surface area contributed by atoms with Gasteiger partial charge in [0, 0.05) is 12.1 Å². The highest BCUT2D eigenvalue weighted by Gasteiger charge is 2.27. The average Bonchev–Trinajstić information content (AvgIpc) is 3.00. The lowest BCUT2D eigenvalue weighted by atomic mass is 10.2. The molecule has 1 aliphatic heterocycles. The van der Waals surface area contributed by atoms with Crippen LogP contribution in [0.1, 0.15) is 24.5 Å². The highest BCUT2D eigenvalue weighted by Crippen LogP contribution is 2.27. The SMILES string of the molecule is CCCOc1cccc(/C=C2/N=C(c3cc([N+](=O)[O-])ccc3Cl)OC2=O)c1. The van der Waals surface area contributed by atoms with Gasteiger partial charge in [0.15, 0.2) is 5.70 Å². The van der Waals surface area contributed by atoms with E-state index in [4.69, 9.17) is 21.1 Å². The van der Waals surface area contributed by atoms with Crippen molar-refractivity contribution in [3.05, 3.63) is 74.4 Å². The summed E-state index contributed by atoms with van der Waals surface area (Å²) in [6.45, 7) is 2.60. The molecule has 1 aliphatic rings. The molecule has 27 heavy (non-hydrogen) atoms. The van der Waals surface area contributed by atoms with E-state index < -0.39 is 10.9 Å². The summed E-state index contributed by atoms with van der Waals surface area (Å²) in [5, 5.41) is 11.1. The molecule has 138 valence electrons. The smallest absolute Gasteiger partial charge is 0.363 e. The number of hydrogen-bond donors (Lipinski definition) is 0. The Morgan fingerprint density at radius 3 is 2.85 bits per heavy atom. The predicted molar refractivity (Wildman–Crippen MR) is 101 cm³/mol. The Labute approximate surface area is 160 Å². The molecule has 0 aromatic heterocycles. The number of aliphatic imine (C=N–C) groups is 1. The van der Waals surface area contributed by atoms with Crippen molar-refractivity contribution in [2.24, 2.45) is 4.99 Å². The quantitative estimate of drug-likeness (QED) is 0.318. The van der Waals surface area contributed by atoms with Crippen molar-refractivity contribution < 1.29 is 19.2 Å². The molecule has 0 saturated carbocycles. The van der Waals surface area contributed by atoms with Crippen molar-refractivity contribution in [1.29, 1.82) is 0 Å². The van der Waals surface area contributed by atoms with Crippen LogP contribution in [-0.4, -0.2) is 23.4 Å². The van der Waals surface area contributed by atoms with Crippen LogP contribution >= 0.6 is 11.6 Å². The lowest BCUT2D eigenvalue weighted by Crippen LogP contribution is -2.06. The number of nitro groups is 1. The minimum Gasteiger partial charge on any atom is -0.494 e. The maximum atomic E-state index is 12.1. The van der Waals surface area contributed by atoms with Gasteiger partial charge in [-0.1, -0.05) is 30.7 Å². The Kier molecular flexibility index (Phi) is 5.52. The van der Waals surface area contributed by atoms with E-state index in [9.17, 15) is 14.9 Å². The van der Waals surface area contributed by atoms with Gasteiger partial charge in [0.05, 0.1) is 22.1 Å². The fourth-order valence-electron chi connectivity index (χ4n) is 2.39. The molecule has 2 aromatic carbocycles. The van der Waals surface area contributed by atoms with E-state index in [1.54, 1.807) is 24.3 Å². The fraction of sp³-hybridized carbons (Fsp3) is 0.158. The van der Waals surface area contributed by atoms with Gasteiger partial charge in [0.2, 0.25) is 5.90 Å². The first kappa shape index (κ1) is 18.6. The van der Waals surface area contributed by atoms with Crippen LogP contribution in [-0.2, 0) is 9.53 Å². The van der Waals surface area contributed by atoms with Crippen LogP contribution in [0.5, 0.6) is 5.75 Å². The van der Waals surface area contributed by atoms with Crippen molar-refractivity contribution in [3.8, 4) is 5.75 Å². The van der Waals surface area contributed by atoms with Crippen LogP contribution < -0.4 is 4.74 Å². The number of halogens is 1. The monoisotopic (exact) mass is 386 g/mol. The minimum absolute atomic E-state index is 0.0696. The first-order valence-electron chi connectivity index (χ1n) is 8.17.